The maximum absolute atomic E-state index is 11.7. The van der Waals surface area contributed by atoms with Crippen LogP contribution in [0.4, 0.5) is 11.6 Å². The number of aromatic nitrogens is 4. The van der Waals surface area contributed by atoms with Crippen molar-refractivity contribution in [1.82, 2.24) is 19.6 Å². The fraction of sp³-hybridized carbons (Fsp3) is 0.185. The van der Waals surface area contributed by atoms with Crippen LogP contribution in [0, 0.1) is 6.92 Å². The summed E-state index contributed by atoms with van der Waals surface area (Å²) in [5.41, 5.74) is 4.26. The minimum atomic E-state index is -1.24. The Kier molecular flexibility index (Phi) is 5.31. The second-order valence-corrected chi connectivity index (χ2v) is 10.1. The first kappa shape index (κ1) is 22.4. The van der Waals surface area contributed by atoms with Gasteiger partial charge in [-0.2, -0.15) is 4.98 Å². The minimum Gasteiger partial charge on any atom is -0.478 e. The van der Waals surface area contributed by atoms with Gasteiger partial charge in [0.1, 0.15) is 10.6 Å². The molecule has 0 fully saturated rings. The zero-order valence-corrected chi connectivity index (χ0v) is 20.3. The lowest BCUT2D eigenvalue weighted by molar-refractivity contribution is 0.0607. The third-order valence-electron chi connectivity index (χ3n) is 6.50. The van der Waals surface area contributed by atoms with Crippen LogP contribution in [0.2, 0.25) is 0 Å². The molecule has 0 radical (unpaired) electrons. The smallest absolute Gasteiger partial charge is 0.335 e. The van der Waals surface area contributed by atoms with Crippen molar-refractivity contribution < 1.29 is 15.0 Å². The molecule has 1 atom stereocenters. The van der Waals surface area contributed by atoms with Crippen LogP contribution < -0.4 is 5.32 Å². The summed E-state index contributed by atoms with van der Waals surface area (Å²) in [5.74, 6) is -0.456. The quantitative estimate of drug-likeness (QED) is 0.307. The molecule has 9 heteroatoms. The lowest BCUT2D eigenvalue weighted by atomic mass is 9.79. The SMILES string of the molecule is Cc1cc(Nc2nc3ccccn3n2)cc(-c2cnc(C3(O)CCCc4cc(C(=O)O)ccc43)s2)c1. The number of nitrogens with zero attached hydrogens (tertiary/aromatic N) is 4. The van der Waals surface area contributed by atoms with Gasteiger partial charge in [-0.25, -0.2) is 14.3 Å². The minimum absolute atomic E-state index is 0.234. The highest BCUT2D eigenvalue weighted by Crippen LogP contribution is 2.44. The summed E-state index contributed by atoms with van der Waals surface area (Å²) in [4.78, 5) is 21.5. The van der Waals surface area contributed by atoms with Crippen LogP contribution in [0.15, 0.2) is 67.0 Å². The fourth-order valence-corrected chi connectivity index (χ4v) is 5.87. The Balaban J connectivity index is 1.32. The van der Waals surface area contributed by atoms with Gasteiger partial charge in [0.25, 0.3) is 0 Å². The van der Waals surface area contributed by atoms with Crippen molar-refractivity contribution >= 4 is 34.6 Å². The molecule has 1 unspecified atom stereocenters. The summed E-state index contributed by atoms with van der Waals surface area (Å²) < 4.78 is 1.72. The highest BCUT2D eigenvalue weighted by atomic mass is 32.1. The van der Waals surface area contributed by atoms with Crippen molar-refractivity contribution in [3.8, 4) is 10.4 Å². The Morgan fingerprint density at radius 2 is 2.06 bits per heavy atom. The number of fused-ring (bicyclic) bond motifs is 2. The molecule has 0 saturated carbocycles. The number of thiazole rings is 1. The third-order valence-corrected chi connectivity index (χ3v) is 7.70. The van der Waals surface area contributed by atoms with E-state index in [1.54, 1.807) is 28.9 Å². The molecule has 0 saturated heterocycles. The fourth-order valence-electron chi connectivity index (χ4n) is 4.84. The highest BCUT2D eigenvalue weighted by molar-refractivity contribution is 7.15. The number of aliphatic hydroxyl groups is 1. The van der Waals surface area contributed by atoms with E-state index in [1.165, 1.54) is 11.3 Å². The lowest BCUT2D eigenvalue weighted by Crippen LogP contribution is -2.32. The predicted octanol–water partition coefficient (Wildman–Crippen LogP) is 5.18. The van der Waals surface area contributed by atoms with Gasteiger partial charge in [0, 0.05) is 18.1 Å². The zero-order valence-electron chi connectivity index (χ0n) is 19.5. The summed E-state index contributed by atoms with van der Waals surface area (Å²) in [7, 11) is 0. The number of pyridine rings is 1. The molecule has 3 heterocycles. The number of anilines is 2. The van der Waals surface area contributed by atoms with Crippen molar-refractivity contribution in [2.75, 3.05) is 5.32 Å². The van der Waals surface area contributed by atoms with Gasteiger partial charge in [-0.3, -0.25) is 0 Å². The van der Waals surface area contributed by atoms with Gasteiger partial charge in [-0.05, 0) is 84.8 Å². The Hall–Kier alpha value is -4.08. The first-order valence-electron chi connectivity index (χ1n) is 11.6. The standard InChI is InChI=1S/C27H23N5O3S/c1-16-11-19(14-20(12-16)29-26-30-23-6-2-3-10-32(23)31-26)22-15-28-25(36-22)27(35)9-4-5-17-13-18(24(33)34)7-8-21(17)27/h2-3,6-8,10-15,35H,4-5,9H2,1H3,(H,29,31)(H,33,34). The average Bonchev–Trinajstić information content (AvgIpc) is 3.51. The number of rotatable bonds is 5. The van der Waals surface area contributed by atoms with E-state index in [2.05, 4.69) is 26.4 Å². The number of carboxylic acids is 1. The van der Waals surface area contributed by atoms with Gasteiger partial charge in [0.2, 0.25) is 5.95 Å². The van der Waals surface area contributed by atoms with E-state index in [4.69, 9.17) is 0 Å². The number of hydrogen-bond donors (Lipinski definition) is 3. The summed E-state index contributed by atoms with van der Waals surface area (Å²) in [6, 6.07) is 16.8. The van der Waals surface area contributed by atoms with E-state index in [0.717, 1.165) is 51.3 Å². The Morgan fingerprint density at radius 3 is 2.89 bits per heavy atom. The van der Waals surface area contributed by atoms with Crippen LogP contribution in [0.25, 0.3) is 16.1 Å². The van der Waals surface area contributed by atoms with Gasteiger partial charge < -0.3 is 15.5 Å². The van der Waals surface area contributed by atoms with Gasteiger partial charge in [-0.1, -0.05) is 18.2 Å². The van der Waals surface area contributed by atoms with E-state index < -0.39 is 11.6 Å². The third kappa shape index (κ3) is 3.92. The van der Waals surface area contributed by atoms with Crippen LogP contribution in [-0.2, 0) is 12.0 Å². The second-order valence-electron chi connectivity index (χ2n) is 9.07. The van der Waals surface area contributed by atoms with E-state index in [1.807, 2.05) is 43.5 Å². The molecule has 36 heavy (non-hydrogen) atoms. The van der Waals surface area contributed by atoms with Gasteiger partial charge in [0.05, 0.1) is 10.4 Å². The molecule has 0 spiro atoms. The summed E-state index contributed by atoms with van der Waals surface area (Å²) in [6.07, 6.45) is 5.68. The molecule has 2 aromatic carbocycles. The number of carboxylic acid groups (broad SMARTS) is 1. The molecule has 3 N–H and O–H groups in total. The van der Waals surface area contributed by atoms with Gasteiger partial charge in [0.15, 0.2) is 5.65 Å². The first-order valence-corrected chi connectivity index (χ1v) is 12.5. The zero-order chi connectivity index (χ0) is 24.9. The number of benzene rings is 2. The van der Waals surface area contributed by atoms with Gasteiger partial charge in [-0.15, -0.1) is 16.4 Å². The molecule has 0 amide bonds. The van der Waals surface area contributed by atoms with Crippen molar-refractivity contribution in [3.63, 3.8) is 0 Å². The Labute approximate surface area is 210 Å². The normalized spacial score (nSPS) is 17.2. The number of aromatic carboxylic acids is 1. The summed E-state index contributed by atoms with van der Waals surface area (Å²) >= 11 is 1.45. The van der Waals surface area contributed by atoms with Crippen molar-refractivity contribution in [2.45, 2.75) is 31.8 Å². The predicted molar refractivity (Wildman–Crippen MR) is 138 cm³/mol. The average molecular weight is 498 g/mol. The van der Waals surface area contributed by atoms with Crippen molar-refractivity contribution in [2.24, 2.45) is 0 Å². The van der Waals surface area contributed by atoms with Crippen LogP contribution in [0.3, 0.4) is 0 Å². The van der Waals surface area contributed by atoms with E-state index in [9.17, 15) is 15.0 Å². The highest BCUT2D eigenvalue weighted by Gasteiger charge is 2.39. The molecule has 3 aromatic heterocycles. The Morgan fingerprint density at radius 1 is 1.17 bits per heavy atom. The number of nitrogens with one attached hydrogen (secondary N) is 1. The van der Waals surface area contributed by atoms with Crippen LogP contribution in [0.1, 0.15) is 44.9 Å². The molecule has 0 aliphatic heterocycles. The summed E-state index contributed by atoms with van der Waals surface area (Å²) in [5, 5.41) is 29.4. The first-order chi connectivity index (χ1) is 17.4. The molecule has 1 aliphatic rings. The second kappa shape index (κ2) is 8.54. The van der Waals surface area contributed by atoms with Crippen LogP contribution >= 0.6 is 11.3 Å². The molecule has 180 valence electrons. The molecule has 1 aliphatic carbocycles. The van der Waals surface area contributed by atoms with E-state index >= 15 is 0 Å². The largest absolute Gasteiger partial charge is 0.478 e. The number of hydrogen-bond acceptors (Lipinski definition) is 7. The number of carbonyl (C=O) groups is 1. The Bertz CT molecular complexity index is 1590. The van der Waals surface area contributed by atoms with Crippen LogP contribution in [-0.4, -0.2) is 35.8 Å². The molecule has 0 bridgehead atoms. The van der Waals surface area contributed by atoms with Crippen LogP contribution in [0.5, 0.6) is 0 Å². The molecule has 8 nitrogen and oxygen atoms in total. The van der Waals surface area contributed by atoms with E-state index in [0.29, 0.717) is 17.4 Å². The van der Waals surface area contributed by atoms with Gasteiger partial charge >= 0.3 is 5.97 Å². The van der Waals surface area contributed by atoms with Crippen molar-refractivity contribution in [3.05, 3.63) is 94.3 Å². The molecule has 5 aromatic rings. The maximum atomic E-state index is 11.7. The molecular formula is C27H23N5O3S. The molecule has 6 rings (SSSR count). The maximum Gasteiger partial charge on any atom is 0.335 e. The lowest BCUT2D eigenvalue weighted by Gasteiger charge is -2.33. The summed E-state index contributed by atoms with van der Waals surface area (Å²) in [6.45, 7) is 2.03. The number of aryl methyl sites for hydroxylation is 2. The topological polar surface area (TPSA) is 113 Å². The van der Waals surface area contributed by atoms with Crippen molar-refractivity contribution in [1.29, 1.82) is 0 Å². The van der Waals surface area contributed by atoms with E-state index in [-0.39, 0.29) is 5.56 Å². The monoisotopic (exact) mass is 497 g/mol. The molecular weight excluding hydrogens is 474 g/mol.